The molecule has 2 rings (SSSR count). The Balaban J connectivity index is 0.00000112. The van der Waals surface area contributed by atoms with Crippen molar-refractivity contribution in [2.24, 2.45) is 0 Å². The molecule has 0 fully saturated rings. The first-order valence-electron chi connectivity index (χ1n) is 4.74. The van der Waals surface area contributed by atoms with Gasteiger partial charge in [0.25, 0.3) is 0 Å². The highest BCUT2D eigenvalue weighted by Gasteiger charge is 2.17. The predicted octanol–water partition coefficient (Wildman–Crippen LogP) is 2.40. The normalized spacial score (nSPS) is 13.2. The van der Waals surface area contributed by atoms with E-state index in [9.17, 15) is 0 Å². The van der Waals surface area contributed by atoms with Gasteiger partial charge in [-0.05, 0) is 34.5 Å². The lowest BCUT2D eigenvalue weighted by atomic mass is 10.0. The lowest BCUT2D eigenvalue weighted by Crippen LogP contribution is -2.27. The Kier molecular flexibility index (Phi) is 6.63. The second kappa shape index (κ2) is 6.64. The van der Waals surface area contributed by atoms with Crippen molar-refractivity contribution in [2.45, 2.75) is 13.0 Å². The van der Waals surface area contributed by atoms with E-state index in [1.54, 1.807) is 0 Å². The molecular formula is C10H16BrCl2N3. The molecule has 0 unspecified atom stereocenters. The molecule has 1 aromatic rings. The zero-order chi connectivity index (χ0) is 10.1. The molecule has 0 aliphatic carbocycles. The zero-order valence-electron chi connectivity index (χ0n) is 9.29. The minimum absolute atomic E-state index is 0. The van der Waals surface area contributed by atoms with Gasteiger partial charge in [-0.15, -0.1) is 24.8 Å². The van der Waals surface area contributed by atoms with Crippen LogP contribution in [0.4, 0.5) is 5.82 Å². The number of nitrogens with one attached hydrogen (secondary N) is 1. The smallest absolute Gasteiger partial charge is 0.132 e. The molecule has 0 bridgehead atoms. The average Bonchev–Trinajstić information content (AvgIpc) is 2.18. The van der Waals surface area contributed by atoms with E-state index in [1.165, 1.54) is 11.1 Å². The van der Waals surface area contributed by atoms with Crippen LogP contribution < -0.4 is 10.2 Å². The number of anilines is 1. The van der Waals surface area contributed by atoms with Crippen molar-refractivity contribution in [3.8, 4) is 0 Å². The van der Waals surface area contributed by atoms with E-state index in [0.29, 0.717) is 0 Å². The van der Waals surface area contributed by atoms with Crippen LogP contribution in [0.2, 0.25) is 0 Å². The van der Waals surface area contributed by atoms with Crippen LogP contribution in [0, 0.1) is 0 Å². The maximum absolute atomic E-state index is 4.43. The summed E-state index contributed by atoms with van der Waals surface area (Å²) in [6.07, 6.45) is 2.98. The monoisotopic (exact) mass is 327 g/mol. The summed E-state index contributed by atoms with van der Waals surface area (Å²) in [6, 6.07) is 0. The van der Waals surface area contributed by atoms with Crippen LogP contribution in [-0.4, -0.2) is 25.6 Å². The number of pyridine rings is 1. The molecule has 16 heavy (non-hydrogen) atoms. The first-order chi connectivity index (χ1) is 6.70. The van der Waals surface area contributed by atoms with Crippen molar-refractivity contribution in [3.63, 3.8) is 0 Å². The Morgan fingerprint density at radius 1 is 1.31 bits per heavy atom. The van der Waals surface area contributed by atoms with Crippen molar-refractivity contribution in [3.05, 3.63) is 21.8 Å². The van der Waals surface area contributed by atoms with Crippen molar-refractivity contribution in [1.82, 2.24) is 10.3 Å². The Labute approximate surface area is 117 Å². The van der Waals surface area contributed by atoms with Gasteiger partial charge in [0.05, 0.1) is 0 Å². The van der Waals surface area contributed by atoms with Crippen LogP contribution in [0.5, 0.6) is 0 Å². The lowest BCUT2D eigenvalue weighted by Gasteiger charge is -2.24. The Morgan fingerprint density at radius 2 is 2.00 bits per heavy atom. The first-order valence-corrected chi connectivity index (χ1v) is 5.53. The number of aromatic nitrogens is 1. The SMILES string of the molecule is CN(C)c1ncc(Br)c2c1CNCC2.Cl.Cl. The fourth-order valence-corrected chi connectivity index (χ4v) is 2.36. The van der Waals surface area contributed by atoms with Crippen molar-refractivity contribution < 1.29 is 0 Å². The molecule has 92 valence electrons. The molecule has 1 N–H and O–H groups in total. The zero-order valence-corrected chi connectivity index (χ0v) is 12.5. The maximum Gasteiger partial charge on any atom is 0.132 e. The van der Waals surface area contributed by atoms with Gasteiger partial charge in [0, 0.05) is 36.9 Å². The predicted molar refractivity (Wildman–Crippen MR) is 76.2 cm³/mol. The Morgan fingerprint density at radius 3 is 2.62 bits per heavy atom. The van der Waals surface area contributed by atoms with Gasteiger partial charge in [-0.3, -0.25) is 0 Å². The number of hydrogen-bond acceptors (Lipinski definition) is 3. The molecule has 0 spiro atoms. The van der Waals surface area contributed by atoms with Gasteiger partial charge in [0.1, 0.15) is 5.82 Å². The molecule has 2 heterocycles. The molecule has 6 heteroatoms. The molecule has 1 aliphatic rings. The number of halogens is 3. The van der Waals surface area contributed by atoms with E-state index in [-0.39, 0.29) is 24.8 Å². The van der Waals surface area contributed by atoms with Gasteiger partial charge in [-0.25, -0.2) is 4.98 Å². The summed E-state index contributed by atoms with van der Waals surface area (Å²) in [6.45, 7) is 1.98. The molecule has 3 nitrogen and oxygen atoms in total. The molecule has 0 saturated carbocycles. The van der Waals surface area contributed by atoms with Gasteiger partial charge >= 0.3 is 0 Å². The van der Waals surface area contributed by atoms with Crippen LogP contribution >= 0.6 is 40.7 Å². The van der Waals surface area contributed by atoms with E-state index < -0.39 is 0 Å². The van der Waals surface area contributed by atoms with Crippen LogP contribution in [0.15, 0.2) is 10.7 Å². The first kappa shape index (κ1) is 16.0. The largest absolute Gasteiger partial charge is 0.362 e. The summed E-state index contributed by atoms with van der Waals surface area (Å²) >= 11 is 3.56. The van der Waals surface area contributed by atoms with E-state index in [2.05, 4.69) is 31.1 Å². The summed E-state index contributed by atoms with van der Waals surface area (Å²) in [5, 5.41) is 3.38. The van der Waals surface area contributed by atoms with Crippen LogP contribution in [0.25, 0.3) is 0 Å². The summed E-state index contributed by atoms with van der Waals surface area (Å²) in [4.78, 5) is 6.50. The van der Waals surface area contributed by atoms with Crippen molar-refractivity contribution >= 4 is 46.6 Å². The maximum atomic E-state index is 4.43. The fourth-order valence-electron chi connectivity index (χ4n) is 1.82. The minimum Gasteiger partial charge on any atom is -0.362 e. The fraction of sp³-hybridized carbons (Fsp3) is 0.500. The van der Waals surface area contributed by atoms with Gasteiger partial charge in [-0.1, -0.05) is 0 Å². The van der Waals surface area contributed by atoms with Crippen molar-refractivity contribution in [1.29, 1.82) is 0 Å². The summed E-state index contributed by atoms with van der Waals surface area (Å²) in [7, 11) is 4.07. The van der Waals surface area contributed by atoms with E-state index in [4.69, 9.17) is 0 Å². The lowest BCUT2D eigenvalue weighted by molar-refractivity contribution is 0.638. The van der Waals surface area contributed by atoms with Crippen LogP contribution in [-0.2, 0) is 13.0 Å². The Hall–Kier alpha value is -0.0300. The molecule has 1 aromatic heterocycles. The highest BCUT2D eigenvalue weighted by atomic mass is 79.9. The molecule has 0 amide bonds. The third-order valence-corrected chi connectivity index (χ3v) is 3.18. The highest BCUT2D eigenvalue weighted by molar-refractivity contribution is 9.10. The number of rotatable bonds is 1. The van der Waals surface area contributed by atoms with Gasteiger partial charge < -0.3 is 10.2 Å². The average molecular weight is 329 g/mol. The number of hydrogen-bond donors (Lipinski definition) is 1. The third-order valence-electron chi connectivity index (χ3n) is 2.50. The standard InChI is InChI=1S/C10H14BrN3.2ClH/c1-14(2)10-8-5-12-4-3-7(8)9(11)6-13-10;;/h6,12H,3-5H2,1-2H3;2*1H. The minimum atomic E-state index is 0. The number of nitrogens with zero attached hydrogens (tertiary/aromatic N) is 2. The van der Waals surface area contributed by atoms with E-state index in [0.717, 1.165) is 29.8 Å². The molecule has 0 aromatic carbocycles. The second-order valence-corrected chi connectivity index (χ2v) is 4.56. The van der Waals surface area contributed by atoms with Gasteiger partial charge in [0.2, 0.25) is 0 Å². The van der Waals surface area contributed by atoms with Crippen molar-refractivity contribution in [2.75, 3.05) is 25.5 Å². The van der Waals surface area contributed by atoms with Gasteiger partial charge in [-0.2, -0.15) is 0 Å². The van der Waals surface area contributed by atoms with E-state index >= 15 is 0 Å². The molecule has 0 atom stereocenters. The summed E-state index contributed by atoms with van der Waals surface area (Å²) in [5.41, 5.74) is 2.73. The summed E-state index contributed by atoms with van der Waals surface area (Å²) < 4.78 is 1.14. The molecule has 0 radical (unpaired) electrons. The summed E-state index contributed by atoms with van der Waals surface area (Å²) in [5.74, 6) is 1.08. The molecule has 1 aliphatic heterocycles. The van der Waals surface area contributed by atoms with E-state index in [1.807, 2.05) is 20.3 Å². The van der Waals surface area contributed by atoms with Gasteiger partial charge in [0.15, 0.2) is 0 Å². The molecular weight excluding hydrogens is 313 g/mol. The molecule has 0 saturated heterocycles. The Bertz CT molecular complexity index is 358. The highest BCUT2D eigenvalue weighted by Crippen LogP contribution is 2.28. The topological polar surface area (TPSA) is 28.2 Å². The number of fused-ring (bicyclic) bond motifs is 1. The van der Waals surface area contributed by atoms with Crippen LogP contribution in [0.3, 0.4) is 0 Å². The van der Waals surface area contributed by atoms with Crippen LogP contribution in [0.1, 0.15) is 11.1 Å². The quantitative estimate of drug-likeness (QED) is 0.858. The third kappa shape index (κ3) is 3.00. The second-order valence-electron chi connectivity index (χ2n) is 3.71.